The maximum absolute atomic E-state index is 12.7. The fraction of sp³-hybridized carbons (Fsp3) is 0.238. The Balaban J connectivity index is 1.92. The Morgan fingerprint density at radius 2 is 1.86 bits per heavy atom. The summed E-state index contributed by atoms with van der Waals surface area (Å²) in [4.78, 5) is 25.3. The van der Waals surface area contributed by atoms with Crippen LogP contribution in [0.1, 0.15) is 42.9 Å². The molecule has 0 aliphatic rings. The summed E-state index contributed by atoms with van der Waals surface area (Å²) in [6.07, 6.45) is 1.52. The van der Waals surface area contributed by atoms with Gasteiger partial charge in [0, 0.05) is 10.9 Å². The van der Waals surface area contributed by atoms with Crippen LogP contribution in [-0.2, 0) is 0 Å². The van der Waals surface area contributed by atoms with Gasteiger partial charge in [-0.05, 0) is 39.0 Å². The summed E-state index contributed by atoms with van der Waals surface area (Å²) in [6, 6.07) is 14.2. The van der Waals surface area contributed by atoms with E-state index < -0.39 is 5.91 Å². The highest BCUT2D eigenvalue weighted by molar-refractivity contribution is 6.05. The van der Waals surface area contributed by atoms with Crippen molar-refractivity contribution in [3.8, 4) is 5.75 Å². The van der Waals surface area contributed by atoms with E-state index in [1.165, 1.54) is 10.9 Å². The average molecular weight is 378 g/mol. The number of benzene rings is 2. The number of fused-ring (bicyclic) bond motifs is 1. The molecular formula is C21H22N4O3. The molecule has 7 nitrogen and oxygen atoms in total. The largest absolute Gasteiger partial charge is 0.493 e. The molecule has 1 aromatic heterocycles. The zero-order valence-electron chi connectivity index (χ0n) is 16.0. The minimum Gasteiger partial charge on any atom is -0.493 e. The molecule has 0 atom stereocenters. The predicted molar refractivity (Wildman–Crippen MR) is 109 cm³/mol. The fourth-order valence-corrected chi connectivity index (χ4v) is 2.81. The van der Waals surface area contributed by atoms with Gasteiger partial charge in [-0.25, -0.2) is 10.1 Å². The lowest BCUT2D eigenvalue weighted by atomic mass is 10.1. The SMILES string of the molecule is CCOc1ccccc1/C=N\NC(=O)c1nn(C(C)C)c(=O)c2ccccc12. The van der Waals surface area contributed by atoms with E-state index in [2.05, 4.69) is 15.6 Å². The summed E-state index contributed by atoms with van der Waals surface area (Å²) >= 11 is 0. The van der Waals surface area contributed by atoms with Crippen molar-refractivity contribution in [2.24, 2.45) is 5.10 Å². The number of rotatable bonds is 6. The highest BCUT2D eigenvalue weighted by Gasteiger charge is 2.17. The molecule has 2 aromatic carbocycles. The molecule has 0 bridgehead atoms. The summed E-state index contributed by atoms with van der Waals surface area (Å²) in [6.45, 7) is 6.11. The number of nitrogens with zero attached hydrogens (tertiary/aromatic N) is 3. The molecule has 3 rings (SSSR count). The van der Waals surface area contributed by atoms with Gasteiger partial charge in [0.1, 0.15) is 5.75 Å². The normalized spacial score (nSPS) is 11.3. The lowest BCUT2D eigenvalue weighted by Crippen LogP contribution is -2.30. The van der Waals surface area contributed by atoms with Gasteiger partial charge in [-0.2, -0.15) is 10.2 Å². The second-order valence-corrected chi connectivity index (χ2v) is 6.41. The van der Waals surface area contributed by atoms with Gasteiger partial charge < -0.3 is 4.74 Å². The lowest BCUT2D eigenvalue weighted by molar-refractivity contribution is 0.0949. The molecule has 0 saturated carbocycles. The molecular weight excluding hydrogens is 356 g/mol. The van der Waals surface area contributed by atoms with E-state index >= 15 is 0 Å². The number of hydrogen-bond acceptors (Lipinski definition) is 5. The lowest BCUT2D eigenvalue weighted by Gasteiger charge is -2.12. The molecule has 0 fully saturated rings. The van der Waals surface area contributed by atoms with Crippen molar-refractivity contribution in [3.05, 3.63) is 70.1 Å². The molecule has 1 amide bonds. The quantitative estimate of drug-likeness (QED) is 0.527. The first-order chi connectivity index (χ1) is 13.5. The maximum atomic E-state index is 12.7. The van der Waals surface area contributed by atoms with Crippen molar-refractivity contribution in [2.75, 3.05) is 6.61 Å². The standard InChI is InChI=1S/C21H22N4O3/c1-4-28-18-12-8-5-9-15(18)13-22-23-20(26)19-16-10-6-7-11-17(16)21(27)25(24-19)14(2)3/h5-14H,4H2,1-3H3,(H,23,26)/b22-13-. The molecule has 0 radical (unpaired) electrons. The molecule has 1 N–H and O–H groups in total. The van der Waals surface area contributed by atoms with Gasteiger partial charge in [-0.15, -0.1) is 0 Å². The van der Waals surface area contributed by atoms with Crippen molar-refractivity contribution in [1.29, 1.82) is 0 Å². The van der Waals surface area contributed by atoms with E-state index in [1.54, 1.807) is 24.3 Å². The third-order valence-corrected chi connectivity index (χ3v) is 4.12. The van der Waals surface area contributed by atoms with Gasteiger partial charge in [-0.3, -0.25) is 9.59 Å². The van der Waals surface area contributed by atoms with Crippen LogP contribution in [0.25, 0.3) is 10.8 Å². The third kappa shape index (κ3) is 3.93. The molecule has 7 heteroatoms. The first kappa shape index (κ1) is 19.3. The number of aromatic nitrogens is 2. The number of carbonyl (C=O) groups is 1. The molecule has 0 aliphatic heterocycles. The number of ether oxygens (including phenoxy) is 1. The Morgan fingerprint density at radius 3 is 2.57 bits per heavy atom. The first-order valence-corrected chi connectivity index (χ1v) is 9.09. The van der Waals surface area contributed by atoms with E-state index in [0.717, 1.165) is 5.56 Å². The van der Waals surface area contributed by atoms with Crippen molar-refractivity contribution in [1.82, 2.24) is 15.2 Å². The van der Waals surface area contributed by atoms with Crippen molar-refractivity contribution in [3.63, 3.8) is 0 Å². The Hall–Kier alpha value is -3.48. The molecule has 144 valence electrons. The summed E-state index contributed by atoms with van der Waals surface area (Å²) in [7, 11) is 0. The van der Waals surface area contributed by atoms with Crippen molar-refractivity contribution < 1.29 is 9.53 Å². The fourth-order valence-electron chi connectivity index (χ4n) is 2.81. The van der Waals surface area contributed by atoms with Gasteiger partial charge in [0.2, 0.25) is 0 Å². The number of hydrazone groups is 1. The second kappa shape index (κ2) is 8.47. The molecule has 28 heavy (non-hydrogen) atoms. The summed E-state index contributed by atoms with van der Waals surface area (Å²) in [5, 5.41) is 9.24. The number of nitrogens with one attached hydrogen (secondary N) is 1. The van der Waals surface area contributed by atoms with Crippen LogP contribution in [0.2, 0.25) is 0 Å². The van der Waals surface area contributed by atoms with Crippen LogP contribution in [0.5, 0.6) is 5.75 Å². The second-order valence-electron chi connectivity index (χ2n) is 6.41. The van der Waals surface area contributed by atoms with Gasteiger partial charge in [-0.1, -0.05) is 30.3 Å². The van der Waals surface area contributed by atoms with Crippen LogP contribution >= 0.6 is 0 Å². The monoisotopic (exact) mass is 378 g/mol. The van der Waals surface area contributed by atoms with Crippen LogP contribution < -0.4 is 15.7 Å². The van der Waals surface area contributed by atoms with Crippen LogP contribution in [-0.4, -0.2) is 28.5 Å². The van der Waals surface area contributed by atoms with Crippen LogP contribution in [0, 0.1) is 0 Å². The average Bonchev–Trinajstić information content (AvgIpc) is 2.69. The minimum atomic E-state index is -0.490. The molecule has 0 saturated heterocycles. The molecule has 0 spiro atoms. The van der Waals surface area contributed by atoms with E-state index in [1.807, 2.05) is 45.0 Å². The van der Waals surface area contributed by atoms with E-state index in [0.29, 0.717) is 23.1 Å². The maximum Gasteiger partial charge on any atom is 0.292 e. The van der Waals surface area contributed by atoms with Gasteiger partial charge in [0.05, 0.1) is 24.2 Å². The zero-order valence-corrected chi connectivity index (χ0v) is 16.0. The highest BCUT2D eigenvalue weighted by Crippen LogP contribution is 2.16. The molecule has 1 heterocycles. The number of hydrogen-bond donors (Lipinski definition) is 1. The number of carbonyl (C=O) groups excluding carboxylic acids is 1. The Labute approximate surface area is 162 Å². The summed E-state index contributed by atoms with van der Waals surface area (Å²) < 4.78 is 6.85. The van der Waals surface area contributed by atoms with E-state index in [-0.39, 0.29) is 17.3 Å². The minimum absolute atomic E-state index is 0.152. The molecule has 0 aliphatic carbocycles. The van der Waals surface area contributed by atoms with Crippen LogP contribution in [0.15, 0.2) is 58.4 Å². The Kier molecular flexibility index (Phi) is 5.84. The Morgan fingerprint density at radius 1 is 1.18 bits per heavy atom. The van der Waals surface area contributed by atoms with E-state index in [9.17, 15) is 9.59 Å². The number of amides is 1. The third-order valence-electron chi connectivity index (χ3n) is 4.12. The number of para-hydroxylation sites is 1. The summed E-state index contributed by atoms with van der Waals surface area (Å²) in [5.74, 6) is 0.190. The predicted octanol–water partition coefficient (Wildman–Crippen LogP) is 3.14. The van der Waals surface area contributed by atoms with Crippen LogP contribution in [0.4, 0.5) is 0 Å². The Bertz CT molecular complexity index is 1090. The topological polar surface area (TPSA) is 85.6 Å². The van der Waals surface area contributed by atoms with Crippen molar-refractivity contribution in [2.45, 2.75) is 26.8 Å². The van der Waals surface area contributed by atoms with Gasteiger partial charge in [0.25, 0.3) is 11.5 Å². The highest BCUT2D eigenvalue weighted by atomic mass is 16.5. The van der Waals surface area contributed by atoms with E-state index in [4.69, 9.17) is 4.74 Å². The van der Waals surface area contributed by atoms with Gasteiger partial charge in [0.15, 0.2) is 5.69 Å². The molecule has 3 aromatic rings. The smallest absolute Gasteiger partial charge is 0.292 e. The first-order valence-electron chi connectivity index (χ1n) is 9.09. The summed E-state index contributed by atoms with van der Waals surface area (Å²) in [5.41, 5.74) is 3.16. The van der Waals surface area contributed by atoms with Crippen LogP contribution in [0.3, 0.4) is 0 Å². The van der Waals surface area contributed by atoms with Crippen molar-refractivity contribution >= 4 is 22.9 Å². The van der Waals surface area contributed by atoms with Gasteiger partial charge >= 0.3 is 0 Å². The zero-order chi connectivity index (χ0) is 20.1. The molecule has 0 unspecified atom stereocenters.